The molecule has 1 aromatic carbocycles. The smallest absolute Gasteiger partial charge is 0.221 e. The molecule has 0 atom stereocenters. The third-order valence-corrected chi connectivity index (χ3v) is 5.52. The Hall–Kier alpha value is -1.43. The predicted octanol–water partition coefficient (Wildman–Crippen LogP) is 2.77. The topological polar surface area (TPSA) is 53.6 Å². The molecular weight excluding hydrogens is 314 g/mol. The molecule has 2 N–H and O–H groups in total. The van der Waals surface area contributed by atoms with Gasteiger partial charge in [0, 0.05) is 44.3 Å². The maximum absolute atomic E-state index is 11.1. The number of ether oxygens (including phenoxy) is 1. The van der Waals surface area contributed by atoms with Crippen LogP contribution in [0.15, 0.2) is 24.3 Å². The number of carbonyl (C=O) groups is 1. The highest BCUT2D eigenvalue weighted by Crippen LogP contribution is 2.33. The molecule has 1 aromatic rings. The van der Waals surface area contributed by atoms with E-state index in [4.69, 9.17) is 4.74 Å². The van der Waals surface area contributed by atoms with Gasteiger partial charge in [0.1, 0.15) is 0 Å². The normalized spacial score (nSPS) is 21.0. The van der Waals surface area contributed by atoms with Crippen LogP contribution in [0, 0.1) is 0 Å². The first-order valence-corrected chi connectivity index (χ1v) is 9.58. The Morgan fingerprint density at radius 1 is 1.12 bits per heavy atom. The fraction of sp³-hybridized carbons (Fsp3) is 0.650. The maximum Gasteiger partial charge on any atom is 0.221 e. The van der Waals surface area contributed by atoms with Gasteiger partial charge in [0.15, 0.2) is 0 Å². The van der Waals surface area contributed by atoms with Gasteiger partial charge < -0.3 is 15.4 Å². The van der Waals surface area contributed by atoms with Gasteiger partial charge in [0.2, 0.25) is 5.91 Å². The molecule has 1 saturated heterocycles. The second kappa shape index (κ2) is 8.79. The van der Waals surface area contributed by atoms with Crippen molar-refractivity contribution in [3.63, 3.8) is 0 Å². The molecule has 0 bridgehead atoms. The largest absolute Gasteiger partial charge is 0.379 e. The van der Waals surface area contributed by atoms with Gasteiger partial charge in [-0.15, -0.1) is 0 Å². The van der Waals surface area contributed by atoms with Gasteiger partial charge in [-0.25, -0.2) is 0 Å². The molecule has 2 aliphatic rings. The summed E-state index contributed by atoms with van der Waals surface area (Å²) < 4.78 is 5.56. The van der Waals surface area contributed by atoms with Crippen molar-refractivity contribution in [1.29, 1.82) is 0 Å². The van der Waals surface area contributed by atoms with E-state index in [0.717, 1.165) is 45.1 Å². The molecule has 1 saturated carbocycles. The Kier molecular flexibility index (Phi) is 6.45. The summed E-state index contributed by atoms with van der Waals surface area (Å²) in [5, 5.41) is 6.51. The van der Waals surface area contributed by atoms with E-state index in [1.165, 1.54) is 44.6 Å². The third-order valence-electron chi connectivity index (χ3n) is 5.52. The lowest BCUT2D eigenvalue weighted by Crippen LogP contribution is -2.59. The van der Waals surface area contributed by atoms with Crippen molar-refractivity contribution in [2.45, 2.75) is 51.1 Å². The van der Waals surface area contributed by atoms with E-state index >= 15 is 0 Å². The number of carbonyl (C=O) groups excluding carboxylic acids is 1. The SMILES string of the molecule is CC(=O)Nc1ccc(CNCC2(N3CCOCC3)CCCCC2)cc1. The van der Waals surface area contributed by atoms with Crippen molar-refractivity contribution >= 4 is 11.6 Å². The number of amides is 1. The van der Waals surface area contributed by atoms with Gasteiger partial charge in [0.05, 0.1) is 13.2 Å². The Labute approximate surface area is 151 Å². The average molecular weight is 345 g/mol. The number of nitrogens with zero attached hydrogens (tertiary/aromatic N) is 1. The number of anilines is 1. The summed E-state index contributed by atoms with van der Waals surface area (Å²) in [5.41, 5.74) is 2.41. The Morgan fingerprint density at radius 2 is 1.80 bits per heavy atom. The first-order chi connectivity index (χ1) is 12.2. The van der Waals surface area contributed by atoms with Gasteiger partial charge >= 0.3 is 0 Å². The van der Waals surface area contributed by atoms with E-state index in [2.05, 4.69) is 27.7 Å². The molecular formula is C20H31N3O2. The number of morpholine rings is 1. The predicted molar refractivity (Wildman–Crippen MR) is 101 cm³/mol. The molecule has 0 spiro atoms. The summed E-state index contributed by atoms with van der Waals surface area (Å²) in [6.45, 7) is 7.30. The van der Waals surface area contributed by atoms with Gasteiger partial charge in [-0.05, 0) is 30.5 Å². The van der Waals surface area contributed by atoms with Crippen LogP contribution in [0.1, 0.15) is 44.6 Å². The zero-order chi connectivity index (χ0) is 17.5. The minimum absolute atomic E-state index is 0.0318. The van der Waals surface area contributed by atoms with Crippen LogP contribution in [-0.2, 0) is 16.1 Å². The minimum atomic E-state index is -0.0318. The van der Waals surface area contributed by atoms with E-state index in [1.807, 2.05) is 12.1 Å². The lowest BCUT2D eigenvalue weighted by molar-refractivity contribution is -0.114. The van der Waals surface area contributed by atoms with Crippen molar-refractivity contribution in [1.82, 2.24) is 10.2 Å². The van der Waals surface area contributed by atoms with E-state index in [9.17, 15) is 4.79 Å². The van der Waals surface area contributed by atoms with Crippen molar-refractivity contribution in [3.05, 3.63) is 29.8 Å². The first kappa shape index (κ1) is 18.4. The number of hydrogen-bond donors (Lipinski definition) is 2. The maximum atomic E-state index is 11.1. The summed E-state index contributed by atoms with van der Waals surface area (Å²) in [4.78, 5) is 13.8. The van der Waals surface area contributed by atoms with Crippen LogP contribution in [0.25, 0.3) is 0 Å². The van der Waals surface area contributed by atoms with Crippen molar-refractivity contribution in [2.24, 2.45) is 0 Å². The highest BCUT2D eigenvalue weighted by molar-refractivity contribution is 5.88. The quantitative estimate of drug-likeness (QED) is 0.832. The molecule has 0 radical (unpaired) electrons. The molecule has 25 heavy (non-hydrogen) atoms. The summed E-state index contributed by atoms with van der Waals surface area (Å²) in [6.07, 6.45) is 6.63. The monoisotopic (exact) mass is 345 g/mol. The Balaban J connectivity index is 1.55. The zero-order valence-corrected chi connectivity index (χ0v) is 15.4. The van der Waals surface area contributed by atoms with Gasteiger partial charge in [0.25, 0.3) is 0 Å². The van der Waals surface area contributed by atoms with E-state index < -0.39 is 0 Å². The molecule has 1 aliphatic heterocycles. The molecule has 0 aromatic heterocycles. The van der Waals surface area contributed by atoms with E-state index in [1.54, 1.807) is 0 Å². The van der Waals surface area contributed by atoms with Crippen LogP contribution in [0.4, 0.5) is 5.69 Å². The van der Waals surface area contributed by atoms with Gasteiger partial charge in [-0.1, -0.05) is 31.4 Å². The Morgan fingerprint density at radius 3 is 2.44 bits per heavy atom. The van der Waals surface area contributed by atoms with Crippen molar-refractivity contribution in [2.75, 3.05) is 38.2 Å². The fourth-order valence-corrected chi connectivity index (χ4v) is 4.20. The summed E-state index contributed by atoms with van der Waals surface area (Å²) in [5.74, 6) is -0.0318. The number of hydrogen-bond acceptors (Lipinski definition) is 4. The molecule has 0 unspecified atom stereocenters. The molecule has 138 valence electrons. The van der Waals surface area contributed by atoms with Crippen LogP contribution in [0.2, 0.25) is 0 Å². The zero-order valence-electron chi connectivity index (χ0n) is 15.4. The van der Waals surface area contributed by atoms with Crippen LogP contribution in [0.3, 0.4) is 0 Å². The molecule has 5 nitrogen and oxygen atoms in total. The van der Waals surface area contributed by atoms with Crippen LogP contribution >= 0.6 is 0 Å². The molecule has 1 heterocycles. The summed E-state index contributed by atoms with van der Waals surface area (Å²) in [6, 6.07) is 8.11. The van der Waals surface area contributed by atoms with E-state index in [0.29, 0.717) is 5.54 Å². The highest BCUT2D eigenvalue weighted by Gasteiger charge is 2.38. The van der Waals surface area contributed by atoms with Gasteiger partial charge in [-0.2, -0.15) is 0 Å². The lowest BCUT2D eigenvalue weighted by Gasteiger charge is -2.48. The minimum Gasteiger partial charge on any atom is -0.379 e. The van der Waals surface area contributed by atoms with Crippen LogP contribution < -0.4 is 10.6 Å². The summed E-state index contributed by atoms with van der Waals surface area (Å²) in [7, 11) is 0. The lowest BCUT2D eigenvalue weighted by atomic mass is 9.79. The number of nitrogens with one attached hydrogen (secondary N) is 2. The van der Waals surface area contributed by atoms with Crippen molar-refractivity contribution in [3.8, 4) is 0 Å². The second-order valence-corrected chi connectivity index (χ2v) is 7.37. The molecule has 1 amide bonds. The highest BCUT2D eigenvalue weighted by atomic mass is 16.5. The number of benzene rings is 1. The Bertz CT molecular complexity index is 547. The molecule has 5 heteroatoms. The van der Waals surface area contributed by atoms with E-state index in [-0.39, 0.29) is 5.91 Å². The second-order valence-electron chi connectivity index (χ2n) is 7.37. The standard InChI is InChI=1S/C20H31N3O2/c1-17(24)22-19-7-5-18(6-8-19)15-21-16-20(9-3-2-4-10-20)23-11-13-25-14-12-23/h5-8,21H,2-4,9-16H2,1H3,(H,22,24). The van der Waals surface area contributed by atoms with Gasteiger partial charge in [-0.3, -0.25) is 9.69 Å². The fourth-order valence-electron chi connectivity index (χ4n) is 4.20. The average Bonchev–Trinajstić information content (AvgIpc) is 2.64. The third kappa shape index (κ3) is 5.03. The van der Waals surface area contributed by atoms with Crippen LogP contribution in [-0.4, -0.2) is 49.2 Å². The van der Waals surface area contributed by atoms with Crippen LogP contribution in [0.5, 0.6) is 0 Å². The number of rotatable bonds is 6. The van der Waals surface area contributed by atoms with Crippen molar-refractivity contribution < 1.29 is 9.53 Å². The summed E-state index contributed by atoms with van der Waals surface area (Å²) >= 11 is 0. The first-order valence-electron chi connectivity index (χ1n) is 9.58. The molecule has 2 fully saturated rings. The molecule has 1 aliphatic carbocycles. The molecule has 3 rings (SSSR count).